The molecule has 1 rings (SSSR count). The second-order valence-corrected chi connectivity index (χ2v) is 5.65. The SMILES string of the molecule is CCC1(CC)CC(=O)C(=CCC(C)C)C(=O)C1. The summed E-state index contributed by atoms with van der Waals surface area (Å²) in [6.45, 7) is 8.34. The van der Waals surface area contributed by atoms with Crippen LogP contribution >= 0.6 is 0 Å². The highest BCUT2D eigenvalue weighted by Crippen LogP contribution is 2.40. The number of carbonyl (C=O) groups is 2. The third kappa shape index (κ3) is 3.27. The van der Waals surface area contributed by atoms with Crippen molar-refractivity contribution in [2.45, 2.75) is 59.8 Å². The van der Waals surface area contributed by atoms with Gasteiger partial charge in [0.1, 0.15) is 0 Å². The molecule has 1 fully saturated rings. The Morgan fingerprint density at radius 1 is 1.12 bits per heavy atom. The maximum absolute atomic E-state index is 12.1. The molecule has 2 nitrogen and oxygen atoms in total. The Hall–Kier alpha value is -0.920. The second kappa shape index (κ2) is 5.61. The number of rotatable bonds is 4. The maximum atomic E-state index is 12.1. The van der Waals surface area contributed by atoms with Crippen LogP contribution in [0.15, 0.2) is 11.6 Å². The van der Waals surface area contributed by atoms with Gasteiger partial charge in [-0.25, -0.2) is 0 Å². The van der Waals surface area contributed by atoms with Crippen molar-refractivity contribution >= 4 is 11.6 Å². The summed E-state index contributed by atoms with van der Waals surface area (Å²) in [5, 5.41) is 0. The van der Waals surface area contributed by atoms with Crippen LogP contribution in [0.2, 0.25) is 0 Å². The zero-order chi connectivity index (χ0) is 13.1. The minimum Gasteiger partial charge on any atom is -0.294 e. The molecule has 0 aromatic rings. The van der Waals surface area contributed by atoms with Crippen LogP contribution in [-0.4, -0.2) is 11.6 Å². The molecule has 0 aromatic carbocycles. The summed E-state index contributed by atoms with van der Waals surface area (Å²) in [6, 6.07) is 0. The lowest BCUT2D eigenvalue weighted by atomic mass is 9.68. The van der Waals surface area contributed by atoms with Gasteiger partial charge in [0.2, 0.25) is 0 Å². The Labute approximate surface area is 104 Å². The van der Waals surface area contributed by atoms with E-state index < -0.39 is 0 Å². The van der Waals surface area contributed by atoms with Crippen molar-refractivity contribution in [3.05, 3.63) is 11.6 Å². The molecule has 1 saturated carbocycles. The van der Waals surface area contributed by atoms with Gasteiger partial charge < -0.3 is 0 Å². The van der Waals surface area contributed by atoms with Gasteiger partial charge in [0.05, 0.1) is 5.57 Å². The van der Waals surface area contributed by atoms with Crippen molar-refractivity contribution < 1.29 is 9.59 Å². The summed E-state index contributed by atoms with van der Waals surface area (Å²) in [6.07, 6.45) is 5.60. The van der Waals surface area contributed by atoms with Crippen LogP contribution < -0.4 is 0 Å². The van der Waals surface area contributed by atoms with Gasteiger partial charge in [0.15, 0.2) is 11.6 Å². The molecule has 0 spiro atoms. The summed E-state index contributed by atoms with van der Waals surface area (Å²) < 4.78 is 0. The highest BCUT2D eigenvalue weighted by atomic mass is 16.1. The van der Waals surface area contributed by atoms with Crippen LogP contribution in [0.4, 0.5) is 0 Å². The van der Waals surface area contributed by atoms with Gasteiger partial charge in [0, 0.05) is 12.8 Å². The number of hydrogen-bond donors (Lipinski definition) is 0. The lowest BCUT2D eigenvalue weighted by Gasteiger charge is -2.34. The third-order valence-corrected chi connectivity index (χ3v) is 3.97. The van der Waals surface area contributed by atoms with Crippen LogP contribution in [0.3, 0.4) is 0 Å². The van der Waals surface area contributed by atoms with Crippen molar-refractivity contribution in [1.29, 1.82) is 0 Å². The highest BCUT2D eigenvalue weighted by Gasteiger charge is 2.39. The Kier molecular flexibility index (Phi) is 4.67. The minimum atomic E-state index is -0.0661. The summed E-state index contributed by atoms with van der Waals surface area (Å²) in [5.74, 6) is 0.614. The lowest BCUT2D eigenvalue weighted by Crippen LogP contribution is -2.35. The van der Waals surface area contributed by atoms with Gasteiger partial charge in [-0.2, -0.15) is 0 Å². The molecule has 0 amide bonds. The van der Waals surface area contributed by atoms with Gasteiger partial charge in [-0.3, -0.25) is 9.59 Å². The first-order valence-electron chi connectivity index (χ1n) is 6.70. The summed E-state index contributed by atoms with van der Waals surface area (Å²) in [4.78, 5) is 24.1. The van der Waals surface area contributed by atoms with Crippen LogP contribution in [0, 0.1) is 11.3 Å². The summed E-state index contributed by atoms with van der Waals surface area (Å²) in [5.41, 5.74) is 0.403. The van der Waals surface area contributed by atoms with E-state index in [1.54, 1.807) is 0 Å². The molecule has 96 valence electrons. The molecule has 0 aliphatic heterocycles. The minimum absolute atomic E-state index is 0.0607. The Morgan fingerprint density at radius 3 is 1.94 bits per heavy atom. The first-order chi connectivity index (χ1) is 7.94. The number of allylic oxidation sites excluding steroid dienone is 2. The van der Waals surface area contributed by atoms with Crippen molar-refractivity contribution in [3.63, 3.8) is 0 Å². The predicted molar refractivity (Wildman–Crippen MR) is 69.8 cm³/mol. The zero-order valence-electron chi connectivity index (χ0n) is 11.5. The van der Waals surface area contributed by atoms with Crippen LogP contribution in [0.25, 0.3) is 0 Å². The zero-order valence-corrected chi connectivity index (χ0v) is 11.5. The van der Waals surface area contributed by atoms with Gasteiger partial charge in [-0.1, -0.05) is 33.8 Å². The molecule has 17 heavy (non-hydrogen) atoms. The van der Waals surface area contributed by atoms with Gasteiger partial charge in [-0.15, -0.1) is 0 Å². The maximum Gasteiger partial charge on any atom is 0.166 e. The van der Waals surface area contributed by atoms with Crippen molar-refractivity contribution in [2.24, 2.45) is 11.3 Å². The van der Waals surface area contributed by atoms with Gasteiger partial charge in [0.25, 0.3) is 0 Å². The molecule has 1 aliphatic rings. The van der Waals surface area contributed by atoms with Crippen molar-refractivity contribution in [2.75, 3.05) is 0 Å². The molecule has 0 aromatic heterocycles. The van der Waals surface area contributed by atoms with Crippen LogP contribution in [-0.2, 0) is 9.59 Å². The predicted octanol–water partition coefficient (Wildman–Crippen LogP) is 3.70. The quantitative estimate of drug-likeness (QED) is 0.551. The molecule has 1 aliphatic carbocycles. The van der Waals surface area contributed by atoms with E-state index in [4.69, 9.17) is 0 Å². The van der Waals surface area contributed by atoms with E-state index in [1.165, 1.54) is 0 Å². The molecule has 0 unspecified atom stereocenters. The summed E-state index contributed by atoms with van der Waals surface area (Å²) >= 11 is 0. The molecule has 0 saturated heterocycles. The van der Waals surface area contributed by atoms with E-state index in [1.807, 2.05) is 6.08 Å². The van der Waals surface area contributed by atoms with E-state index in [0.29, 0.717) is 24.3 Å². The van der Waals surface area contributed by atoms with Crippen molar-refractivity contribution in [3.8, 4) is 0 Å². The smallest absolute Gasteiger partial charge is 0.166 e. The fraction of sp³-hybridized carbons (Fsp3) is 0.733. The first kappa shape index (κ1) is 14.1. The monoisotopic (exact) mass is 236 g/mol. The topological polar surface area (TPSA) is 34.1 Å². The number of Topliss-reactive ketones (excluding diaryl/α,β-unsaturated/α-hetero) is 2. The number of hydrogen-bond acceptors (Lipinski definition) is 2. The van der Waals surface area contributed by atoms with E-state index in [2.05, 4.69) is 27.7 Å². The molecule has 2 heteroatoms. The fourth-order valence-corrected chi connectivity index (χ4v) is 2.42. The molecular formula is C15H24O2. The molecule has 0 heterocycles. The van der Waals surface area contributed by atoms with Gasteiger partial charge >= 0.3 is 0 Å². The van der Waals surface area contributed by atoms with E-state index in [0.717, 1.165) is 19.3 Å². The largest absolute Gasteiger partial charge is 0.294 e. The Balaban J connectivity index is 2.86. The van der Waals surface area contributed by atoms with Crippen LogP contribution in [0.1, 0.15) is 59.8 Å². The van der Waals surface area contributed by atoms with E-state index in [-0.39, 0.29) is 17.0 Å². The highest BCUT2D eigenvalue weighted by molar-refractivity contribution is 6.22. The molecule has 0 N–H and O–H groups in total. The summed E-state index contributed by atoms with van der Waals surface area (Å²) in [7, 11) is 0. The standard InChI is InChI=1S/C15H24O2/c1-5-15(6-2)9-13(16)12(14(17)10-15)8-7-11(3)4/h8,11H,5-7,9-10H2,1-4H3. The second-order valence-electron chi connectivity index (χ2n) is 5.65. The third-order valence-electron chi connectivity index (χ3n) is 3.97. The van der Waals surface area contributed by atoms with E-state index in [9.17, 15) is 9.59 Å². The molecule has 0 bridgehead atoms. The molecule has 0 radical (unpaired) electrons. The molecule has 0 atom stereocenters. The van der Waals surface area contributed by atoms with E-state index >= 15 is 0 Å². The first-order valence-corrected chi connectivity index (χ1v) is 6.70. The lowest BCUT2D eigenvalue weighted by molar-refractivity contribution is -0.128. The fourth-order valence-electron chi connectivity index (χ4n) is 2.42. The molecular weight excluding hydrogens is 212 g/mol. The Morgan fingerprint density at radius 2 is 1.59 bits per heavy atom. The average Bonchev–Trinajstić information content (AvgIpc) is 2.27. The van der Waals surface area contributed by atoms with Gasteiger partial charge in [-0.05, 0) is 30.6 Å². The normalized spacial score (nSPS) is 19.9. The van der Waals surface area contributed by atoms with Crippen molar-refractivity contribution in [1.82, 2.24) is 0 Å². The number of ketones is 2. The Bertz CT molecular complexity index is 311. The average molecular weight is 236 g/mol. The number of carbonyl (C=O) groups excluding carboxylic acids is 2. The van der Waals surface area contributed by atoms with Crippen LogP contribution in [0.5, 0.6) is 0 Å².